The van der Waals surface area contributed by atoms with Crippen LogP contribution in [0.4, 0.5) is 0 Å². The number of pyridine rings is 3. The molecule has 10 heteroatoms. The molecular weight excluding hydrogens is 460 g/mol. The van der Waals surface area contributed by atoms with Crippen molar-refractivity contribution in [2.24, 2.45) is 0 Å². The fourth-order valence-corrected chi connectivity index (χ4v) is 4.98. The minimum Gasteiger partial charge on any atom is -0.387 e. The van der Waals surface area contributed by atoms with Gasteiger partial charge in [0, 0.05) is 42.5 Å². The number of amides is 1. The second-order valence-electron chi connectivity index (χ2n) is 8.90. The number of nitrogens with zero attached hydrogens (tertiary/aromatic N) is 5. The van der Waals surface area contributed by atoms with Gasteiger partial charge in [-0.05, 0) is 37.1 Å². The van der Waals surface area contributed by atoms with E-state index >= 15 is 0 Å². The Balaban J connectivity index is 1.53. The molecule has 1 aromatic carbocycles. The topological polar surface area (TPSA) is 134 Å². The van der Waals surface area contributed by atoms with E-state index in [4.69, 9.17) is 4.98 Å². The number of carbonyl (C=O) groups is 1. The molecule has 0 aliphatic carbocycles. The number of H-pyrrole nitrogens is 1. The van der Waals surface area contributed by atoms with E-state index in [9.17, 15) is 19.5 Å². The summed E-state index contributed by atoms with van der Waals surface area (Å²) in [4.78, 5) is 55.5. The zero-order chi connectivity index (χ0) is 24.8. The molecule has 6 rings (SSSR count). The largest absolute Gasteiger partial charge is 0.387 e. The molecule has 180 valence electrons. The molecule has 0 radical (unpaired) electrons. The lowest BCUT2D eigenvalue weighted by Crippen LogP contribution is -2.43. The van der Waals surface area contributed by atoms with Gasteiger partial charge < -0.3 is 10.0 Å². The van der Waals surface area contributed by atoms with Crippen LogP contribution in [0.1, 0.15) is 18.9 Å². The average molecular weight is 483 g/mol. The van der Waals surface area contributed by atoms with E-state index in [1.165, 1.54) is 6.20 Å². The first kappa shape index (κ1) is 22.1. The third kappa shape index (κ3) is 3.62. The summed E-state index contributed by atoms with van der Waals surface area (Å²) in [6.07, 6.45) is 4.23. The number of aromatic amines is 1. The fourth-order valence-electron chi connectivity index (χ4n) is 4.98. The molecule has 5 heterocycles. The number of aromatic nitrogens is 5. The molecule has 36 heavy (non-hydrogen) atoms. The van der Waals surface area contributed by atoms with Crippen molar-refractivity contribution in [2.75, 3.05) is 19.7 Å². The van der Waals surface area contributed by atoms with Gasteiger partial charge in [-0.1, -0.05) is 18.2 Å². The summed E-state index contributed by atoms with van der Waals surface area (Å²) in [6, 6.07) is 13.2. The number of piperidine rings is 1. The predicted molar refractivity (Wildman–Crippen MR) is 135 cm³/mol. The van der Waals surface area contributed by atoms with Gasteiger partial charge in [-0.15, -0.1) is 0 Å². The van der Waals surface area contributed by atoms with Gasteiger partial charge >= 0.3 is 5.69 Å². The first-order chi connectivity index (χ1) is 17.5. The number of aliphatic hydroxyl groups is 1. The van der Waals surface area contributed by atoms with Gasteiger partial charge in [0.05, 0.1) is 27.6 Å². The van der Waals surface area contributed by atoms with Crippen molar-refractivity contribution in [2.45, 2.75) is 18.9 Å². The van der Waals surface area contributed by atoms with Crippen molar-refractivity contribution in [1.82, 2.24) is 29.4 Å². The normalized spacial score (nSPS) is 14.6. The van der Waals surface area contributed by atoms with Crippen molar-refractivity contribution >= 4 is 38.7 Å². The predicted octanol–water partition coefficient (Wildman–Crippen LogP) is 2.00. The first-order valence-corrected chi connectivity index (χ1v) is 11.7. The summed E-state index contributed by atoms with van der Waals surface area (Å²) < 4.78 is 1.58. The Morgan fingerprint density at radius 3 is 2.61 bits per heavy atom. The number of benzene rings is 1. The second-order valence-corrected chi connectivity index (χ2v) is 8.90. The van der Waals surface area contributed by atoms with Crippen LogP contribution in [0, 0.1) is 0 Å². The number of fused-ring (bicyclic) bond motifs is 4. The first-order valence-electron chi connectivity index (χ1n) is 11.7. The Kier molecular flexibility index (Phi) is 5.30. The molecule has 5 aromatic rings. The van der Waals surface area contributed by atoms with Crippen molar-refractivity contribution in [3.05, 3.63) is 75.7 Å². The summed E-state index contributed by atoms with van der Waals surface area (Å²) in [6.45, 7) is 0.266. The Hall–Kier alpha value is -4.44. The van der Waals surface area contributed by atoms with Crippen LogP contribution in [0.15, 0.2) is 64.4 Å². The lowest BCUT2D eigenvalue weighted by Gasteiger charge is -2.33. The van der Waals surface area contributed by atoms with Crippen LogP contribution in [0.3, 0.4) is 0 Å². The van der Waals surface area contributed by atoms with Gasteiger partial charge in [0.1, 0.15) is 12.1 Å². The van der Waals surface area contributed by atoms with Gasteiger partial charge in [-0.25, -0.2) is 9.78 Å². The Labute approximate surface area is 203 Å². The Bertz CT molecular complexity index is 1770. The number of nitrogens with one attached hydrogen (secondary N) is 1. The molecule has 0 atom stereocenters. The quantitative estimate of drug-likeness (QED) is 0.376. The van der Waals surface area contributed by atoms with E-state index in [2.05, 4.69) is 15.0 Å². The Morgan fingerprint density at radius 2 is 1.81 bits per heavy atom. The smallest absolute Gasteiger partial charge is 0.329 e. The van der Waals surface area contributed by atoms with Crippen molar-refractivity contribution in [1.29, 1.82) is 0 Å². The lowest BCUT2D eigenvalue weighted by molar-refractivity contribution is -0.135. The molecule has 1 amide bonds. The van der Waals surface area contributed by atoms with E-state index in [0.717, 1.165) is 16.5 Å². The lowest BCUT2D eigenvalue weighted by atomic mass is 10.0. The van der Waals surface area contributed by atoms with E-state index in [0.29, 0.717) is 48.2 Å². The van der Waals surface area contributed by atoms with Gasteiger partial charge in [0.15, 0.2) is 0 Å². The number of aliphatic hydroxyl groups excluding tert-OH is 1. The maximum absolute atomic E-state index is 13.1. The highest BCUT2D eigenvalue weighted by Crippen LogP contribution is 2.29. The van der Waals surface area contributed by atoms with Gasteiger partial charge in [0.2, 0.25) is 5.91 Å². The van der Waals surface area contributed by atoms with Crippen LogP contribution in [0.2, 0.25) is 0 Å². The van der Waals surface area contributed by atoms with Crippen molar-refractivity contribution < 1.29 is 9.90 Å². The molecule has 0 spiro atoms. The Morgan fingerprint density at radius 1 is 1.03 bits per heavy atom. The highest BCUT2D eigenvalue weighted by molar-refractivity contribution is 6.01. The fraction of sp³-hybridized carbons (Fsp3) is 0.231. The van der Waals surface area contributed by atoms with Gasteiger partial charge in [0.25, 0.3) is 5.56 Å². The summed E-state index contributed by atoms with van der Waals surface area (Å²) >= 11 is 0. The molecule has 1 fully saturated rings. The third-order valence-electron chi connectivity index (χ3n) is 6.81. The zero-order valence-electron chi connectivity index (χ0n) is 19.2. The van der Waals surface area contributed by atoms with Crippen LogP contribution in [-0.2, 0) is 4.79 Å². The van der Waals surface area contributed by atoms with Crippen molar-refractivity contribution in [3.63, 3.8) is 0 Å². The molecule has 1 saturated heterocycles. The van der Waals surface area contributed by atoms with E-state index in [-0.39, 0.29) is 17.3 Å². The third-order valence-corrected chi connectivity index (χ3v) is 6.81. The maximum Gasteiger partial charge on any atom is 0.329 e. The molecule has 2 N–H and O–H groups in total. The van der Waals surface area contributed by atoms with Crippen molar-refractivity contribution in [3.8, 4) is 11.3 Å². The van der Waals surface area contributed by atoms with E-state index in [1.54, 1.807) is 15.7 Å². The van der Waals surface area contributed by atoms with E-state index < -0.39 is 17.9 Å². The summed E-state index contributed by atoms with van der Waals surface area (Å²) in [7, 11) is 0. The average Bonchev–Trinajstić information content (AvgIpc) is 2.92. The molecule has 1 aliphatic rings. The van der Waals surface area contributed by atoms with Gasteiger partial charge in [-0.2, -0.15) is 0 Å². The molecule has 0 saturated carbocycles. The molecule has 4 aromatic heterocycles. The van der Waals surface area contributed by atoms with Crippen LogP contribution >= 0.6 is 0 Å². The van der Waals surface area contributed by atoms with Crippen LogP contribution in [-0.4, -0.2) is 60.1 Å². The van der Waals surface area contributed by atoms with Crippen LogP contribution in [0.5, 0.6) is 0 Å². The monoisotopic (exact) mass is 482 g/mol. The number of likely N-dealkylation sites (tertiary alicyclic amines) is 1. The molecule has 1 aliphatic heterocycles. The molecule has 0 bridgehead atoms. The standard InChI is InChI=1S/C26H22N6O4/c33-14-22(34)31-9-7-17(8-10-31)32-24-18(25(35)30-26(32)36)13-28-21-6-5-20(29-23(21)24)16-11-15-3-1-2-4-19(15)27-12-16/h1-6,11-13,17,33H,7-10,14H2,(H,30,35,36). The number of hydrogen-bond donors (Lipinski definition) is 2. The van der Waals surface area contributed by atoms with E-state index in [1.807, 2.05) is 42.5 Å². The summed E-state index contributed by atoms with van der Waals surface area (Å²) in [5.41, 5.74) is 2.73. The zero-order valence-corrected chi connectivity index (χ0v) is 19.2. The number of hydrogen-bond acceptors (Lipinski definition) is 7. The highest BCUT2D eigenvalue weighted by atomic mass is 16.3. The van der Waals surface area contributed by atoms with Gasteiger partial charge in [-0.3, -0.25) is 29.1 Å². The van der Waals surface area contributed by atoms with Crippen LogP contribution < -0.4 is 11.2 Å². The minimum absolute atomic E-state index is 0.252. The van der Waals surface area contributed by atoms with Crippen LogP contribution in [0.25, 0.3) is 44.1 Å². The maximum atomic E-state index is 13.1. The summed E-state index contributed by atoms with van der Waals surface area (Å²) in [5.74, 6) is -0.336. The summed E-state index contributed by atoms with van der Waals surface area (Å²) in [5, 5.41) is 10.4. The number of para-hydroxylation sites is 1. The highest BCUT2D eigenvalue weighted by Gasteiger charge is 2.26. The molecule has 10 nitrogen and oxygen atoms in total. The molecule has 0 unspecified atom stereocenters. The number of rotatable bonds is 3. The minimum atomic E-state index is -0.543. The second kappa shape index (κ2) is 8.65. The SMILES string of the molecule is O=C(CO)N1CCC(n2c(=O)[nH]c(=O)c3cnc4ccc(-c5cnc6ccccc6c5)nc4c32)CC1. The molecular formula is C26H22N6O4. The number of carbonyl (C=O) groups excluding carboxylic acids is 1.